The Bertz CT molecular complexity index is 314. The number of hydrogen-bond acceptors (Lipinski definition) is 2. The summed E-state index contributed by atoms with van der Waals surface area (Å²) in [5.41, 5.74) is 0. The van der Waals surface area contributed by atoms with Crippen LogP contribution in [0.1, 0.15) is 13.0 Å². The summed E-state index contributed by atoms with van der Waals surface area (Å²) >= 11 is 1.29. The van der Waals surface area contributed by atoms with Gasteiger partial charge in [-0.25, -0.2) is 4.79 Å². The average molecular weight is 197 g/mol. The standard InChI is InChI=1S/C9H10NO2S/c1-7(9(11)12)10-6-4-3-5-8(10)13-2/h3-7H,2H2,1H3/p+1. The highest BCUT2D eigenvalue weighted by Gasteiger charge is 2.23. The van der Waals surface area contributed by atoms with Crippen molar-refractivity contribution in [3.63, 3.8) is 0 Å². The molecule has 0 bridgehead atoms. The summed E-state index contributed by atoms with van der Waals surface area (Å²) in [6, 6.07) is 4.96. The number of rotatable bonds is 3. The first-order valence-corrected chi connectivity index (χ1v) is 4.80. The van der Waals surface area contributed by atoms with Crippen LogP contribution in [0, 0.1) is 6.26 Å². The molecular weight excluding hydrogens is 186 g/mol. The summed E-state index contributed by atoms with van der Waals surface area (Å²) in [4.78, 5) is 10.7. The number of pyridine rings is 1. The van der Waals surface area contributed by atoms with E-state index in [-0.39, 0.29) is 0 Å². The van der Waals surface area contributed by atoms with Crippen molar-refractivity contribution in [1.29, 1.82) is 0 Å². The molecule has 0 aliphatic carbocycles. The van der Waals surface area contributed by atoms with Crippen LogP contribution in [0.4, 0.5) is 0 Å². The molecule has 0 aromatic carbocycles. The molecule has 1 atom stereocenters. The number of carbonyl (C=O) groups is 1. The number of aromatic nitrogens is 1. The first-order valence-electron chi connectivity index (χ1n) is 3.82. The van der Waals surface area contributed by atoms with Gasteiger partial charge in [0.1, 0.15) is 0 Å². The van der Waals surface area contributed by atoms with Crippen molar-refractivity contribution in [2.75, 3.05) is 0 Å². The molecule has 4 heteroatoms. The Morgan fingerprint density at radius 2 is 2.38 bits per heavy atom. The Hall–Kier alpha value is -1.03. The summed E-state index contributed by atoms with van der Waals surface area (Å²) in [7, 11) is 0. The number of hydrogen-bond donors (Lipinski definition) is 1. The molecule has 1 N–H and O–H groups in total. The number of carboxylic acid groups (broad SMARTS) is 1. The van der Waals surface area contributed by atoms with Gasteiger partial charge < -0.3 is 5.11 Å². The third-order valence-corrected chi connectivity index (χ3v) is 2.42. The minimum atomic E-state index is -0.841. The molecule has 0 amide bonds. The Labute approximate surface area is 81.4 Å². The molecule has 1 unspecified atom stereocenters. The number of nitrogens with zero attached hydrogens (tertiary/aromatic N) is 1. The third-order valence-electron chi connectivity index (χ3n) is 1.77. The van der Waals surface area contributed by atoms with Crippen molar-refractivity contribution < 1.29 is 14.5 Å². The normalized spacial score (nSPS) is 12.5. The second kappa shape index (κ2) is 4.28. The number of aliphatic carboxylic acids is 1. The average Bonchev–Trinajstić information content (AvgIpc) is 2.16. The molecule has 1 rings (SSSR count). The summed E-state index contributed by atoms with van der Waals surface area (Å²) in [5, 5.41) is 9.65. The lowest BCUT2D eigenvalue weighted by molar-refractivity contribution is -0.742. The van der Waals surface area contributed by atoms with Crippen LogP contribution in [0.25, 0.3) is 0 Å². The molecule has 69 valence electrons. The zero-order valence-electron chi connectivity index (χ0n) is 7.30. The predicted molar refractivity (Wildman–Crippen MR) is 50.2 cm³/mol. The summed E-state index contributed by atoms with van der Waals surface area (Å²) in [6.07, 6.45) is 5.40. The van der Waals surface area contributed by atoms with Crippen molar-refractivity contribution in [2.45, 2.75) is 18.0 Å². The molecule has 1 radical (unpaired) electrons. The van der Waals surface area contributed by atoms with Gasteiger partial charge in [-0.2, -0.15) is 4.57 Å². The van der Waals surface area contributed by atoms with Crippen molar-refractivity contribution in [3.05, 3.63) is 30.7 Å². The van der Waals surface area contributed by atoms with E-state index in [4.69, 9.17) is 5.11 Å². The van der Waals surface area contributed by atoms with Crippen molar-refractivity contribution >= 4 is 17.7 Å². The lowest BCUT2D eigenvalue weighted by Crippen LogP contribution is -2.43. The van der Waals surface area contributed by atoms with Gasteiger partial charge >= 0.3 is 5.97 Å². The van der Waals surface area contributed by atoms with Gasteiger partial charge in [0.2, 0.25) is 5.03 Å². The highest BCUT2D eigenvalue weighted by molar-refractivity contribution is 8.00. The largest absolute Gasteiger partial charge is 0.476 e. The van der Waals surface area contributed by atoms with E-state index >= 15 is 0 Å². The van der Waals surface area contributed by atoms with Crippen LogP contribution in [-0.2, 0) is 4.79 Å². The van der Waals surface area contributed by atoms with Crippen molar-refractivity contribution in [3.8, 4) is 0 Å². The van der Waals surface area contributed by atoms with E-state index in [9.17, 15) is 4.79 Å². The maximum Gasteiger partial charge on any atom is 0.373 e. The lowest BCUT2D eigenvalue weighted by atomic mass is 10.3. The van der Waals surface area contributed by atoms with E-state index in [1.54, 1.807) is 23.8 Å². The van der Waals surface area contributed by atoms with Crippen molar-refractivity contribution in [2.24, 2.45) is 0 Å². The molecule has 0 fully saturated rings. The van der Waals surface area contributed by atoms with Gasteiger partial charge in [0.25, 0.3) is 6.04 Å². The molecule has 3 nitrogen and oxygen atoms in total. The molecule has 0 spiro atoms. The number of thioether (sulfide) groups is 1. The maximum absolute atomic E-state index is 10.7. The van der Waals surface area contributed by atoms with Crippen LogP contribution in [0.3, 0.4) is 0 Å². The molecule has 0 aliphatic heterocycles. The quantitative estimate of drug-likeness (QED) is 0.589. The fourth-order valence-corrected chi connectivity index (χ4v) is 1.54. The van der Waals surface area contributed by atoms with Gasteiger partial charge in [-0.15, -0.1) is 0 Å². The van der Waals surface area contributed by atoms with Crippen LogP contribution in [0.15, 0.2) is 29.4 Å². The summed E-state index contributed by atoms with van der Waals surface area (Å²) in [6.45, 7) is 1.64. The highest BCUT2D eigenvalue weighted by Crippen LogP contribution is 2.11. The molecule has 13 heavy (non-hydrogen) atoms. The van der Waals surface area contributed by atoms with E-state index in [1.165, 1.54) is 11.8 Å². The van der Waals surface area contributed by atoms with E-state index < -0.39 is 12.0 Å². The van der Waals surface area contributed by atoms with E-state index in [0.29, 0.717) is 0 Å². The molecule has 0 aliphatic rings. The SMILES string of the molecule is [CH2]Sc1cccc[n+]1C(C)C(=O)O. The molecule has 0 saturated carbocycles. The van der Waals surface area contributed by atoms with Crippen LogP contribution in [-0.4, -0.2) is 11.1 Å². The second-order valence-electron chi connectivity index (χ2n) is 2.60. The molecule has 1 aromatic heterocycles. The van der Waals surface area contributed by atoms with Gasteiger partial charge in [-0.05, 0) is 6.07 Å². The second-order valence-corrected chi connectivity index (χ2v) is 3.31. The summed E-state index contributed by atoms with van der Waals surface area (Å²) in [5.74, 6) is -0.841. The van der Waals surface area contributed by atoms with Crippen LogP contribution in [0.2, 0.25) is 0 Å². The topological polar surface area (TPSA) is 41.2 Å². The van der Waals surface area contributed by atoms with E-state index in [0.717, 1.165) is 5.03 Å². The Kier molecular flexibility index (Phi) is 3.31. The fourth-order valence-electron chi connectivity index (χ4n) is 1.00. The minimum absolute atomic E-state index is 0.551. The Morgan fingerprint density at radius 3 is 2.92 bits per heavy atom. The molecule has 1 heterocycles. The van der Waals surface area contributed by atoms with E-state index in [2.05, 4.69) is 6.26 Å². The first kappa shape index (κ1) is 10.1. The van der Waals surface area contributed by atoms with Crippen LogP contribution >= 0.6 is 11.8 Å². The Morgan fingerprint density at radius 1 is 1.69 bits per heavy atom. The smallest absolute Gasteiger partial charge is 0.373 e. The molecule has 1 aromatic rings. The fraction of sp³-hybridized carbons (Fsp3) is 0.222. The number of carboxylic acids is 1. The lowest BCUT2D eigenvalue weighted by Gasteiger charge is -2.04. The predicted octanol–water partition coefficient (Wildman–Crippen LogP) is 1.50. The molecule has 0 saturated heterocycles. The summed E-state index contributed by atoms with van der Waals surface area (Å²) < 4.78 is 1.68. The van der Waals surface area contributed by atoms with Crippen LogP contribution < -0.4 is 4.57 Å². The zero-order chi connectivity index (χ0) is 9.84. The maximum atomic E-state index is 10.7. The van der Waals surface area contributed by atoms with Gasteiger partial charge in [-0.1, -0.05) is 11.8 Å². The van der Waals surface area contributed by atoms with Gasteiger partial charge in [-0.3, -0.25) is 0 Å². The highest BCUT2D eigenvalue weighted by atomic mass is 32.2. The van der Waals surface area contributed by atoms with Gasteiger partial charge in [0.05, 0.1) is 0 Å². The van der Waals surface area contributed by atoms with Gasteiger partial charge in [0.15, 0.2) is 6.20 Å². The third kappa shape index (κ3) is 2.21. The van der Waals surface area contributed by atoms with Crippen molar-refractivity contribution in [1.82, 2.24) is 0 Å². The minimum Gasteiger partial charge on any atom is -0.476 e. The zero-order valence-corrected chi connectivity index (χ0v) is 8.12. The van der Waals surface area contributed by atoms with Gasteiger partial charge in [0, 0.05) is 25.3 Å². The first-order chi connectivity index (χ1) is 6.16. The van der Waals surface area contributed by atoms with Crippen LogP contribution in [0.5, 0.6) is 0 Å². The Balaban J connectivity index is 3.05. The van der Waals surface area contributed by atoms with E-state index in [1.807, 2.05) is 12.1 Å². The molecular formula is C9H11NO2S+. The monoisotopic (exact) mass is 197 g/mol.